The first-order valence-corrected chi connectivity index (χ1v) is 5.33. The van der Waals surface area contributed by atoms with Crippen LogP contribution < -0.4 is 5.73 Å². The summed E-state index contributed by atoms with van der Waals surface area (Å²) >= 11 is 0. The first-order valence-electron chi connectivity index (χ1n) is 5.33. The summed E-state index contributed by atoms with van der Waals surface area (Å²) < 4.78 is 0. The van der Waals surface area contributed by atoms with Crippen molar-refractivity contribution < 1.29 is 14.7 Å². The monoisotopic (exact) mass is 215 g/mol. The first-order chi connectivity index (χ1) is 6.82. The molecule has 15 heavy (non-hydrogen) atoms. The summed E-state index contributed by atoms with van der Waals surface area (Å²) in [6.07, 6.45) is 0.941. The van der Waals surface area contributed by atoms with Gasteiger partial charge in [0, 0.05) is 12.8 Å². The summed E-state index contributed by atoms with van der Waals surface area (Å²) in [7, 11) is 0. The zero-order valence-electron chi connectivity index (χ0n) is 9.69. The summed E-state index contributed by atoms with van der Waals surface area (Å²) in [5.41, 5.74) is 5.09. The molecule has 0 saturated carbocycles. The SMILES string of the molecule is CC(C)C(C)CC(CC(N)=O)CC(=O)O. The number of hydrogen-bond acceptors (Lipinski definition) is 2. The molecule has 4 heteroatoms. The summed E-state index contributed by atoms with van der Waals surface area (Å²) in [5.74, 6) is -0.505. The number of hydrogen-bond donors (Lipinski definition) is 2. The molecule has 0 aromatic rings. The van der Waals surface area contributed by atoms with Crippen LogP contribution in [-0.2, 0) is 9.59 Å². The Morgan fingerprint density at radius 2 is 1.73 bits per heavy atom. The van der Waals surface area contributed by atoms with E-state index < -0.39 is 11.9 Å². The third kappa shape index (κ3) is 6.94. The molecule has 0 aromatic carbocycles. The van der Waals surface area contributed by atoms with Gasteiger partial charge < -0.3 is 10.8 Å². The molecular formula is C11H21NO3. The van der Waals surface area contributed by atoms with Crippen molar-refractivity contribution in [1.82, 2.24) is 0 Å². The Morgan fingerprint density at radius 3 is 2.07 bits per heavy atom. The third-order valence-electron chi connectivity index (χ3n) is 2.80. The third-order valence-corrected chi connectivity index (χ3v) is 2.80. The maximum atomic E-state index is 10.8. The van der Waals surface area contributed by atoms with Crippen LogP contribution in [0, 0.1) is 17.8 Å². The lowest BCUT2D eigenvalue weighted by Gasteiger charge is -2.21. The van der Waals surface area contributed by atoms with E-state index in [4.69, 9.17) is 10.8 Å². The van der Waals surface area contributed by atoms with Crippen LogP contribution in [0.2, 0.25) is 0 Å². The molecule has 1 amide bonds. The van der Waals surface area contributed by atoms with Crippen molar-refractivity contribution in [3.63, 3.8) is 0 Å². The summed E-state index contributed by atoms with van der Waals surface area (Å²) in [4.78, 5) is 21.4. The Morgan fingerprint density at radius 1 is 1.20 bits per heavy atom. The van der Waals surface area contributed by atoms with E-state index in [1.807, 2.05) is 0 Å². The highest BCUT2D eigenvalue weighted by atomic mass is 16.4. The Hall–Kier alpha value is -1.06. The van der Waals surface area contributed by atoms with Crippen molar-refractivity contribution in [3.8, 4) is 0 Å². The zero-order valence-corrected chi connectivity index (χ0v) is 9.69. The van der Waals surface area contributed by atoms with Crippen LogP contribution in [0.25, 0.3) is 0 Å². The molecule has 3 N–H and O–H groups in total. The number of primary amides is 1. The average molecular weight is 215 g/mol. The standard InChI is InChI=1S/C11H21NO3/c1-7(2)8(3)4-9(5-10(12)13)6-11(14)15/h7-9H,4-6H2,1-3H3,(H2,12,13)(H,14,15). The first kappa shape index (κ1) is 13.9. The molecule has 4 nitrogen and oxygen atoms in total. The predicted molar refractivity (Wildman–Crippen MR) is 58.2 cm³/mol. The fourth-order valence-electron chi connectivity index (χ4n) is 1.57. The smallest absolute Gasteiger partial charge is 0.303 e. The van der Waals surface area contributed by atoms with Gasteiger partial charge in [-0.15, -0.1) is 0 Å². The Labute approximate surface area is 90.8 Å². The van der Waals surface area contributed by atoms with Crippen LogP contribution in [0.5, 0.6) is 0 Å². The van der Waals surface area contributed by atoms with E-state index in [-0.39, 0.29) is 18.8 Å². The lowest BCUT2D eigenvalue weighted by molar-refractivity contribution is -0.138. The molecule has 0 radical (unpaired) electrons. The molecule has 0 fully saturated rings. The van der Waals surface area contributed by atoms with E-state index in [1.165, 1.54) is 0 Å². The Kier molecular flexibility index (Phi) is 5.97. The van der Waals surface area contributed by atoms with Crippen LogP contribution in [0.15, 0.2) is 0 Å². The van der Waals surface area contributed by atoms with Crippen molar-refractivity contribution in [1.29, 1.82) is 0 Å². The molecule has 0 aliphatic rings. The molecule has 2 unspecified atom stereocenters. The summed E-state index contributed by atoms with van der Waals surface area (Å²) in [5, 5.41) is 8.70. The van der Waals surface area contributed by atoms with Gasteiger partial charge in [-0.2, -0.15) is 0 Å². The molecule has 88 valence electrons. The maximum absolute atomic E-state index is 10.8. The van der Waals surface area contributed by atoms with Crippen molar-refractivity contribution in [2.75, 3.05) is 0 Å². The maximum Gasteiger partial charge on any atom is 0.303 e. The minimum Gasteiger partial charge on any atom is -0.481 e. The van der Waals surface area contributed by atoms with Crippen molar-refractivity contribution in [3.05, 3.63) is 0 Å². The second-order valence-electron chi connectivity index (χ2n) is 4.59. The van der Waals surface area contributed by atoms with E-state index in [0.29, 0.717) is 11.8 Å². The number of nitrogens with two attached hydrogens (primary N) is 1. The van der Waals surface area contributed by atoms with Crippen LogP contribution in [-0.4, -0.2) is 17.0 Å². The van der Waals surface area contributed by atoms with Crippen molar-refractivity contribution in [2.24, 2.45) is 23.5 Å². The van der Waals surface area contributed by atoms with Gasteiger partial charge >= 0.3 is 5.97 Å². The van der Waals surface area contributed by atoms with Gasteiger partial charge in [-0.05, 0) is 24.2 Å². The fraction of sp³-hybridized carbons (Fsp3) is 0.818. The van der Waals surface area contributed by atoms with Gasteiger partial charge in [0.05, 0.1) is 0 Å². The highest BCUT2D eigenvalue weighted by Crippen LogP contribution is 2.24. The number of carbonyl (C=O) groups excluding carboxylic acids is 1. The van der Waals surface area contributed by atoms with E-state index in [0.717, 1.165) is 6.42 Å². The molecule has 2 atom stereocenters. The van der Waals surface area contributed by atoms with E-state index in [2.05, 4.69) is 20.8 Å². The molecule has 0 saturated heterocycles. The van der Waals surface area contributed by atoms with Gasteiger partial charge in [-0.3, -0.25) is 9.59 Å². The van der Waals surface area contributed by atoms with Crippen LogP contribution >= 0.6 is 0 Å². The Balaban J connectivity index is 4.23. The van der Waals surface area contributed by atoms with E-state index in [1.54, 1.807) is 0 Å². The van der Waals surface area contributed by atoms with Gasteiger partial charge in [0.15, 0.2) is 0 Å². The Bertz CT molecular complexity index is 210. The van der Waals surface area contributed by atoms with Crippen LogP contribution in [0.4, 0.5) is 0 Å². The highest BCUT2D eigenvalue weighted by molar-refractivity contribution is 5.75. The second kappa shape index (κ2) is 6.43. The van der Waals surface area contributed by atoms with Gasteiger partial charge in [0.2, 0.25) is 5.91 Å². The van der Waals surface area contributed by atoms with Gasteiger partial charge in [-0.1, -0.05) is 20.8 Å². The van der Waals surface area contributed by atoms with E-state index in [9.17, 15) is 9.59 Å². The topological polar surface area (TPSA) is 80.4 Å². The van der Waals surface area contributed by atoms with Gasteiger partial charge in [0.25, 0.3) is 0 Å². The molecule has 0 aliphatic carbocycles. The normalized spacial score (nSPS) is 14.9. The molecule has 0 bridgehead atoms. The molecule has 0 aromatic heterocycles. The van der Waals surface area contributed by atoms with E-state index >= 15 is 0 Å². The molecule has 0 aliphatic heterocycles. The lowest BCUT2D eigenvalue weighted by atomic mass is 9.85. The fourth-order valence-corrected chi connectivity index (χ4v) is 1.57. The van der Waals surface area contributed by atoms with Gasteiger partial charge in [0.1, 0.15) is 0 Å². The van der Waals surface area contributed by atoms with Gasteiger partial charge in [-0.25, -0.2) is 0 Å². The lowest BCUT2D eigenvalue weighted by Crippen LogP contribution is -2.21. The van der Waals surface area contributed by atoms with Crippen LogP contribution in [0.1, 0.15) is 40.0 Å². The number of carboxylic acids is 1. The molecular weight excluding hydrogens is 194 g/mol. The number of amides is 1. The number of aliphatic carboxylic acids is 1. The van der Waals surface area contributed by atoms with Crippen LogP contribution in [0.3, 0.4) is 0 Å². The minimum atomic E-state index is -0.864. The predicted octanol–water partition coefficient (Wildman–Crippen LogP) is 1.63. The molecule has 0 heterocycles. The number of carbonyl (C=O) groups is 2. The highest BCUT2D eigenvalue weighted by Gasteiger charge is 2.20. The number of rotatable bonds is 7. The largest absolute Gasteiger partial charge is 0.481 e. The number of carboxylic acid groups (broad SMARTS) is 1. The van der Waals surface area contributed by atoms with Crippen molar-refractivity contribution in [2.45, 2.75) is 40.0 Å². The van der Waals surface area contributed by atoms with Crippen molar-refractivity contribution >= 4 is 11.9 Å². The summed E-state index contributed by atoms with van der Waals surface area (Å²) in [6.45, 7) is 6.25. The minimum absolute atomic E-state index is 0.0278. The zero-order chi connectivity index (χ0) is 12.0. The second-order valence-corrected chi connectivity index (χ2v) is 4.59. The molecule has 0 rings (SSSR count). The average Bonchev–Trinajstić information content (AvgIpc) is 2.00. The summed E-state index contributed by atoms with van der Waals surface area (Å²) in [6, 6.07) is 0. The molecule has 0 spiro atoms. The quantitative estimate of drug-likeness (QED) is 0.677.